The predicted molar refractivity (Wildman–Crippen MR) is 323 cm³/mol. The maximum Gasteiger partial charge on any atom is 0.344 e. The molecule has 3 atom stereocenters. The lowest BCUT2D eigenvalue weighted by Gasteiger charge is -2.33. The number of aromatic hydroxyl groups is 1. The first-order valence-electron chi connectivity index (χ1n) is 28.9. The molecule has 1 fully saturated rings. The summed E-state index contributed by atoms with van der Waals surface area (Å²) in [5.41, 5.74) is 12.0. The fraction of sp³-hybridized carbons (Fsp3) is 0.554. The van der Waals surface area contributed by atoms with Crippen LogP contribution in [-0.2, 0) is 40.1 Å². The number of urea groups is 1. The van der Waals surface area contributed by atoms with E-state index < -0.39 is 70.5 Å². The number of hydrogen-bond donors (Lipinski definition) is 15. The highest BCUT2D eigenvalue weighted by molar-refractivity contribution is 5.92. The zero-order valence-electron chi connectivity index (χ0n) is 49.4. The number of amides is 6. The number of anilines is 2. The van der Waals surface area contributed by atoms with Crippen LogP contribution in [0.1, 0.15) is 63.0 Å². The van der Waals surface area contributed by atoms with Gasteiger partial charge in [0.05, 0.1) is 38.2 Å². The highest BCUT2D eigenvalue weighted by Gasteiger charge is 2.26. The van der Waals surface area contributed by atoms with Crippen LogP contribution in [0.3, 0.4) is 0 Å². The Morgan fingerprint density at radius 1 is 0.632 bits per heavy atom. The molecular formula is C56H86N16O15. The van der Waals surface area contributed by atoms with Crippen molar-refractivity contribution in [3.8, 4) is 11.5 Å². The highest BCUT2D eigenvalue weighted by atomic mass is 16.5. The van der Waals surface area contributed by atoms with Crippen molar-refractivity contribution in [3.63, 3.8) is 0 Å². The molecule has 0 saturated carbocycles. The highest BCUT2D eigenvalue weighted by Crippen LogP contribution is 2.22. The van der Waals surface area contributed by atoms with E-state index in [0.29, 0.717) is 56.6 Å². The first-order chi connectivity index (χ1) is 41.6. The van der Waals surface area contributed by atoms with E-state index in [4.69, 9.17) is 16.2 Å². The summed E-state index contributed by atoms with van der Waals surface area (Å²) < 4.78 is 6.00. The van der Waals surface area contributed by atoms with Crippen LogP contribution in [0.2, 0.25) is 0 Å². The van der Waals surface area contributed by atoms with E-state index in [0.717, 1.165) is 5.56 Å². The van der Waals surface area contributed by atoms with Gasteiger partial charge in [-0.15, -0.1) is 0 Å². The number of benzene rings is 2. The number of carbonyl (C=O) groups is 8. The van der Waals surface area contributed by atoms with Gasteiger partial charge in [-0.25, -0.2) is 4.79 Å². The first-order valence-corrected chi connectivity index (χ1v) is 28.9. The van der Waals surface area contributed by atoms with Crippen LogP contribution in [0.15, 0.2) is 63.1 Å². The number of unbranched alkanes of at least 4 members (excludes halogenated alkanes) is 1. The van der Waals surface area contributed by atoms with Crippen molar-refractivity contribution < 1.29 is 63.5 Å². The molecular weight excluding hydrogens is 1140 g/mol. The zero-order chi connectivity index (χ0) is 63.7. The molecule has 6 amide bonds. The van der Waals surface area contributed by atoms with E-state index in [2.05, 4.69) is 52.8 Å². The number of aliphatic imine (C=N–C) groups is 1. The molecule has 87 heavy (non-hydrogen) atoms. The monoisotopic (exact) mass is 1220 g/mol. The second-order valence-corrected chi connectivity index (χ2v) is 20.6. The Balaban J connectivity index is 1.21. The topological polar surface area (TPSA) is 446 Å². The molecule has 0 aromatic heterocycles. The van der Waals surface area contributed by atoms with Crippen molar-refractivity contribution in [3.05, 3.63) is 80.1 Å². The van der Waals surface area contributed by atoms with Gasteiger partial charge in [-0.3, -0.25) is 68.1 Å². The third-order valence-corrected chi connectivity index (χ3v) is 13.9. The van der Waals surface area contributed by atoms with Gasteiger partial charge in [-0.05, 0) is 68.0 Å². The van der Waals surface area contributed by atoms with E-state index >= 15 is 0 Å². The third kappa shape index (κ3) is 27.2. The average Bonchev–Trinajstić information content (AvgIpc) is 1.12. The Bertz CT molecular complexity index is 2780. The number of hydrogen-bond acceptors (Lipinski definition) is 20. The van der Waals surface area contributed by atoms with Crippen LogP contribution >= 0.6 is 0 Å². The third-order valence-electron chi connectivity index (χ3n) is 13.9. The Labute approximate surface area is 504 Å². The Hall–Kier alpha value is -8.49. The number of guanidine groups is 1. The maximum absolute atomic E-state index is 13.7. The maximum atomic E-state index is 13.7. The number of carboxylic acids is 3. The number of nitrogens with one attached hydrogen (secondary N) is 9. The van der Waals surface area contributed by atoms with Crippen molar-refractivity contribution in [2.45, 2.75) is 70.5 Å². The van der Waals surface area contributed by atoms with Crippen LogP contribution in [-0.4, -0.2) is 237 Å². The van der Waals surface area contributed by atoms with E-state index in [1.54, 1.807) is 64.9 Å². The average molecular weight is 1220 g/mol. The molecule has 3 aromatic rings. The Morgan fingerprint density at radius 2 is 1.18 bits per heavy atom. The lowest BCUT2D eigenvalue weighted by atomic mass is 9.99. The van der Waals surface area contributed by atoms with E-state index in [9.17, 15) is 68.4 Å². The smallest absolute Gasteiger partial charge is 0.344 e. The van der Waals surface area contributed by atoms with Crippen molar-refractivity contribution in [1.82, 2.24) is 56.8 Å². The molecule has 1 aliphatic rings. The van der Waals surface area contributed by atoms with Crippen LogP contribution in [0.25, 0.3) is 0 Å². The largest absolute Gasteiger partial charge is 0.508 e. The van der Waals surface area contributed by atoms with Gasteiger partial charge in [0.25, 0.3) is 10.9 Å². The molecule has 0 radical (unpaired) electrons. The van der Waals surface area contributed by atoms with Crippen molar-refractivity contribution in [2.24, 2.45) is 16.5 Å². The number of rotatable bonds is 36. The van der Waals surface area contributed by atoms with Crippen LogP contribution in [0.4, 0.5) is 16.2 Å². The van der Waals surface area contributed by atoms with Gasteiger partial charge in [-0.2, -0.15) is 4.99 Å². The molecule has 1 aliphatic heterocycles. The van der Waals surface area contributed by atoms with Gasteiger partial charge in [0.15, 0.2) is 5.96 Å². The second-order valence-electron chi connectivity index (χ2n) is 20.6. The summed E-state index contributed by atoms with van der Waals surface area (Å²) >= 11 is 0. The number of phenolic OH excluding ortho intramolecular Hbond substituents is 1. The zero-order valence-corrected chi connectivity index (χ0v) is 49.4. The van der Waals surface area contributed by atoms with Crippen LogP contribution in [0.5, 0.6) is 11.5 Å². The van der Waals surface area contributed by atoms with Crippen molar-refractivity contribution in [2.75, 3.05) is 142 Å². The Morgan fingerprint density at radius 3 is 1.76 bits per heavy atom. The molecule has 31 heteroatoms. The van der Waals surface area contributed by atoms with Crippen LogP contribution < -0.4 is 74.9 Å². The summed E-state index contributed by atoms with van der Waals surface area (Å²) in [5, 5.41) is 63.6. The minimum Gasteiger partial charge on any atom is -0.508 e. The summed E-state index contributed by atoms with van der Waals surface area (Å²) in [4.78, 5) is 135. The van der Waals surface area contributed by atoms with Crippen molar-refractivity contribution in [1.29, 1.82) is 0 Å². The van der Waals surface area contributed by atoms with E-state index in [-0.39, 0.29) is 153 Å². The van der Waals surface area contributed by atoms with Gasteiger partial charge in [0, 0.05) is 118 Å². The van der Waals surface area contributed by atoms with Gasteiger partial charge in [0.1, 0.15) is 28.9 Å². The standard InChI is InChI=1S/C56H86N16O15/c1-3-44(74)59-17-20-64-56(86)68-55(58)63-16-7-10-42(53(84)65-32-38-11-13-40(73)14-12-38)67-52(83)37(2)39-8-6-9-41(30-39)87-29-5-4-15-60-48-49(51(82)50(48)81)61-18-19-62-54(85)43(31-57)66-36-72-27-25-70(34-46(77)78)23-21-69(33-45(75)76)22-24-71(26-28-72)35-47(79)80/h6,8-9,11-14,30,37,42-43,60-61,66,73H,3-5,7,10,15-29,31-36,57H2,1-2H3,(H,59,74)(H,62,85)(H,65,84)(H,67,83)(H,75,76)(H,77,78)(H,79,80)(H4,58,63,64,68,86)/t37?,42-,43-/m1/s1. The number of phenols is 1. The summed E-state index contributed by atoms with van der Waals surface area (Å²) in [7, 11) is 0. The van der Waals surface area contributed by atoms with Gasteiger partial charge in [-0.1, -0.05) is 31.2 Å². The molecule has 3 aromatic carbocycles. The molecule has 17 N–H and O–H groups in total. The molecule has 0 bridgehead atoms. The summed E-state index contributed by atoms with van der Waals surface area (Å²) in [6, 6.07) is 10.7. The quantitative estimate of drug-likeness (QED) is 0.0119. The molecule has 0 spiro atoms. The minimum absolute atomic E-state index is 0.0653. The predicted octanol–water partition coefficient (Wildman–Crippen LogP) is -3.04. The lowest BCUT2D eigenvalue weighted by molar-refractivity contribution is -0.140. The molecule has 1 saturated heterocycles. The SMILES string of the molecule is CCC(=O)NCCNC(=O)/N=C(/N)NCCC[C@@H](NC(=O)C(C)c1cccc(OCCCCNc2c(NCCNC(=O)[C@@H](CN)NCN3CCN(CC(=O)O)CCN(CC(=O)O)CCN(CC(=O)O)CC3)c(=O)c2=O)c1)C(=O)NCc1ccc(O)cc1. The number of ether oxygens (including phenoxy) is 1. The van der Waals surface area contributed by atoms with Gasteiger partial charge < -0.3 is 79.2 Å². The molecule has 480 valence electrons. The molecule has 1 heterocycles. The number of carboxylic acid groups (broad SMARTS) is 3. The van der Waals surface area contributed by atoms with Gasteiger partial charge in [0.2, 0.25) is 23.6 Å². The normalized spacial score (nSPS) is 15.1. The molecule has 1 unspecified atom stereocenters. The summed E-state index contributed by atoms with van der Waals surface area (Å²) in [6.45, 7) is 6.38. The molecule has 31 nitrogen and oxygen atoms in total. The fourth-order valence-corrected chi connectivity index (χ4v) is 8.89. The molecule has 4 rings (SSSR count). The molecule has 0 aliphatic carbocycles. The number of aliphatic carboxylic acids is 3. The van der Waals surface area contributed by atoms with Crippen LogP contribution in [0, 0.1) is 0 Å². The number of nitrogens with zero attached hydrogens (tertiary/aromatic N) is 5. The fourth-order valence-electron chi connectivity index (χ4n) is 8.89. The minimum atomic E-state index is -1.06. The van der Waals surface area contributed by atoms with Gasteiger partial charge >= 0.3 is 23.9 Å². The first kappa shape index (κ1) is 71.0. The summed E-state index contributed by atoms with van der Waals surface area (Å²) in [5.74, 6) is -4.93. The lowest BCUT2D eigenvalue weighted by Crippen LogP contribution is -2.54. The second kappa shape index (κ2) is 38.5. The van der Waals surface area contributed by atoms with E-state index in [1.165, 1.54) is 12.1 Å². The number of nitrogens with two attached hydrogens (primary N) is 2. The summed E-state index contributed by atoms with van der Waals surface area (Å²) in [6.07, 6.45) is 1.93. The van der Waals surface area contributed by atoms with Crippen molar-refractivity contribution >= 4 is 64.9 Å². The van der Waals surface area contributed by atoms with E-state index in [1.807, 2.05) is 4.90 Å². The Kier molecular flexibility index (Phi) is 31.4. The number of carbonyl (C=O) groups excluding carboxylic acids is 5.